The van der Waals surface area contributed by atoms with Crippen LogP contribution in [0, 0.1) is 0 Å². The Bertz CT molecular complexity index is 594. The molecular weight excluding hydrogens is 426 g/mol. The van der Waals surface area contributed by atoms with Crippen LogP contribution in [0.3, 0.4) is 0 Å². The van der Waals surface area contributed by atoms with E-state index in [1.165, 1.54) is 0 Å². The molecule has 2 nitrogen and oxygen atoms in total. The molecule has 5 heteroatoms. The van der Waals surface area contributed by atoms with Gasteiger partial charge in [-0.05, 0) is 52.3 Å². The highest BCUT2D eigenvalue weighted by molar-refractivity contribution is 9.11. The SMILES string of the molecule is Oc1c(Br)cc(Br)cc1C=Nc1ccc(Br)cc1. The molecule has 2 aromatic carbocycles. The van der Waals surface area contributed by atoms with E-state index in [-0.39, 0.29) is 5.75 Å². The van der Waals surface area contributed by atoms with Gasteiger partial charge >= 0.3 is 0 Å². The predicted octanol–water partition coefficient (Wildman–Crippen LogP) is 5.43. The lowest BCUT2D eigenvalue weighted by molar-refractivity contribution is 0.471. The van der Waals surface area contributed by atoms with Crippen molar-refractivity contribution in [2.45, 2.75) is 0 Å². The Morgan fingerprint density at radius 3 is 2.28 bits per heavy atom. The van der Waals surface area contributed by atoms with E-state index in [0.717, 1.165) is 14.6 Å². The average Bonchev–Trinajstić information content (AvgIpc) is 2.34. The minimum atomic E-state index is 0.180. The van der Waals surface area contributed by atoms with E-state index in [9.17, 15) is 5.11 Å². The van der Waals surface area contributed by atoms with Crippen molar-refractivity contribution in [2.75, 3.05) is 0 Å². The lowest BCUT2D eigenvalue weighted by Crippen LogP contribution is -1.84. The first-order chi connectivity index (χ1) is 8.56. The molecule has 2 aromatic rings. The standard InChI is InChI=1S/C13H8Br3NO/c14-9-1-3-11(4-2-9)17-7-8-5-10(15)6-12(16)13(8)18/h1-7,18H. The maximum Gasteiger partial charge on any atom is 0.138 e. The number of benzene rings is 2. The van der Waals surface area contributed by atoms with Crippen molar-refractivity contribution in [2.24, 2.45) is 4.99 Å². The van der Waals surface area contributed by atoms with Crippen LogP contribution < -0.4 is 0 Å². The molecular formula is C13H8Br3NO. The summed E-state index contributed by atoms with van der Waals surface area (Å²) in [5.74, 6) is 0.180. The fourth-order valence-electron chi connectivity index (χ4n) is 1.36. The number of aliphatic imine (C=N–C) groups is 1. The Labute approximate surface area is 130 Å². The Hall–Kier alpha value is -0.650. The minimum Gasteiger partial charge on any atom is -0.506 e. The van der Waals surface area contributed by atoms with Crippen molar-refractivity contribution in [1.29, 1.82) is 0 Å². The predicted molar refractivity (Wildman–Crippen MR) is 84.9 cm³/mol. The first-order valence-electron chi connectivity index (χ1n) is 5.04. The highest BCUT2D eigenvalue weighted by Crippen LogP contribution is 2.31. The second-order valence-corrected chi connectivity index (χ2v) is 6.25. The molecule has 0 heterocycles. The molecule has 92 valence electrons. The summed E-state index contributed by atoms with van der Waals surface area (Å²) in [5.41, 5.74) is 1.48. The van der Waals surface area contributed by atoms with E-state index in [4.69, 9.17) is 0 Å². The van der Waals surface area contributed by atoms with Gasteiger partial charge in [-0.1, -0.05) is 31.9 Å². The normalized spacial score (nSPS) is 11.1. The molecule has 2 rings (SSSR count). The smallest absolute Gasteiger partial charge is 0.138 e. The molecule has 0 bridgehead atoms. The van der Waals surface area contributed by atoms with Gasteiger partial charge in [0.15, 0.2) is 0 Å². The van der Waals surface area contributed by atoms with Crippen molar-refractivity contribution in [3.8, 4) is 5.75 Å². The average molecular weight is 434 g/mol. The fraction of sp³-hybridized carbons (Fsp3) is 0. The number of nitrogens with zero attached hydrogens (tertiary/aromatic N) is 1. The third kappa shape index (κ3) is 3.43. The second-order valence-electron chi connectivity index (χ2n) is 3.56. The molecule has 0 radical (unpaired) electrons. The summed E-state index contributed by atoms with van der Waals surface area (Å²) < 4.78 is 2.52. The van der Waals surface area contributed by atoms with Gasteiger partial charge in [-0.3, -0.25) is 4.99 Å². The number of rotatable bonds is 2. The summed E-state index contributed by atoms with van der Waals surface area (Å²) in [6.45, 7) is 0. The Kier molecular flexibility index (Phi) is 4.59. The molecule has 0 saturated carbocycles. The maximum absolute atomic E-state index is 9.88. The molecule has 0 unspecified atom stereocenters. The third-order valence-corrected chi connectivity index (χ3v) is 3.83. The molecule has 0 aliphatic carbocycles. The highest BCUT2D eigenvalue weighted by Gasteiger charge is 2.05. The third-order valence-electron chi connectivity index (χ3n) is 2.24. The van der Waals surface area contributed by atoms with Crippen molar-refractivity contribution in [1.82, 2.24) is 0 Å². The van der Waals surface area contributed by atoms with Gasteiger partial charge in [0.1, 0.15) is 5.75 Å². The van der Waals surface area contributed by atoms with Gasteiger partial charge in [0.2, 0.25) is 0 Å². The van der Waals surface area contributed by atoms with Crippen molar-refractivity contribution < 1.29 is 5.11 Å². The molecule has 0 atom stereocenters. The number of hydrogen-bond acceptors (Lipinski definition) is 2. The number of aromatic hydroxyl groups is 1. The zero-order valence-electron chi connectivity index (χ0n) is 9.07. The van der Waals surface area contributed by atoms with Gasteiger partial charge in [0.05, 0.1) is 10.2 Å². The van der Waals surface area contributed by atoms with Crippen LogP contribution >= 0.6 is 47.8 Å². The van der Waals surface area contributed by atoms with E-state index in [0.29, 0.717) is 10.0 Å². The quantitative estimate of drug-likeness (QED) is 0.629. The molecule has 0 amide bonds. The van der Waals surface area contributed by atoms with Crippen LogP contribution in [0.15, 0.2) is 54.8 Å². The molecule has 0 saturated heterocycles. The maximum atomic E-state index is 9.88. The summed E-state index contributed by atoms with van der Waals surface area (Å²) in [5, 5.41) is 9.88. The van der Waals surface area contributed by atoms with Gasteiger partial charge < -0.3 is 5.11 Å². The first kappa shape index (κ1) is 13.8. The molecule has 0 aliphatic rings. The van der Waals surface area contributed by atoms with Gasteiger partial charge in [-0.2, -0.15) is 0 Å². The highest BCUT2D eigenvalue weighted by atomic mass is 79.9. The van der Waals surface area contributed by atoms with Gasteiger partial charge in [-0.25, -0.2) is 0 Å². The fourth-order valence-corrected chi connectivity index (χ4v) is 2.88. The number of halogens is 3. The lowest BCUT2D eigenvalue weighted by Gasteiger charge is -2.02. The molecule has 1 N–H and O–H groups in total. The van der Waals surface area contributed by atoms with Gasteiger partial charge in [0, 0.05) is 20.7 Å². The monoisotopic (exact) mass is 431 g/mol. The van der Waals surface area contributed by atoms with Crippen LogP contribution in [0.5, 0.6) is 5.75 Å². The topological polar surface area (TPSA) is 32.6 Å². The summed E-state index contributed by atoms with van der Waals surface area (Å²) in [6, 6.07) is 11.2. The van der Waals surface area contributed by atoms with Crippen LogP contribution in [0.25, 0.3) is 0 Å². The number of hydrogen-bond donors (Lipinski definition) is 1. The van der Waals surface area contributed by atoms with Crippen LogP contribution in [0.4, 0.5) is 5.69 Å². The summed E-state index contributed by atoms with van der Waals surface area (Å²) >= 11 is 10.0. The van der Waals surface area contributed by atoms with E-state index in [1.807, 2.05) is 30.3 Å². The van der Waals surface area contributed by atoms with E-state index < -0.39 is 0 Å². The Balaban J connectivity index is 2.31. The lowest BCUT2D eigenvalue weighted by atomic mass is 10.2. The van der Waals surface area contributed by atoms with Crippen LogP contribution in [-0.4, -0.2) is 11.3 Å². The van der Waals surface area contributed by atoms with Crippen molar-refractivity contribution in [3.05, 3.63) is 55.4 Å². The minimum absolute atomic E-state index is 0.180. The van der Waals surface area contributed by atoms with E-state index >= 15 is 0 Å². The molecule has 0 aliphatic heterocycles. The molecule has 0 fully saturated rings. The van der Waals surface area contributed by atoms with Gasteiger partial charge in [-0.15, -0.1) is 0 Å². The van der Waals surface area contributed by atoms with Crippen LogP contribution in [0.1, 0.15) is 5.56 Å². The zero-order valence-corrected chi connectivity index (χ0v) is 13.8. The molecule has 18 heavy (non-hydrogen) atoms. The number of phenolic OH excluding ortho intramolecular Hbond substituents is 1. The van der Waals surface area contributed by atoms with E-state index in [2.05, 4.69) is 52.8 Å². The first-order valence-corrected chi connectivity index (χ1v) is 7.42. The zero-order chi connectivity index (χ0) is 13.1. The van der Waals surface area contributed by atoms with Crippen LogP contribution in [0.2, 0.25) is 0 Å². The summed E-state index contributed by atoms with van der Waals surface area (Å²) in [4.78, 5) is 4.31. The molecule has 0 aromatic heterocycles. The molecule has 0 spiro atoms. The number of phenols is 1. The Morgan fingerprint density at radius 2 is 1.61 bits per heavy atom. The summed E-state index contributed by atoms with van der Waals surface area (Å²) in [7, 11) is 0. The van der Waals surface area contributed by atoms with Crippen LogP contribution in [-0.2, 0) is 0 Å². The Morgan fingerprint density at radius 1 is 0.944 bits per heavy atom. The van der Waals surface area contributed by atoms with Gasteiger partial charge in [0.25, 0.3) is 0 Å². The van der Waals surface area contributed by atoms with Crippen molar-refractivity contribution in [3.63, 3.8) is 0 Å². The van der Waals surface area contributed by atoms with Crippen molar-refractivity contribution >= 4 is 59.7 Å². The van der Waals surface area contributed by atoms with E-state index in [1.54, 1.807) is 12.3 Å². The summed E-state index contributed by atoms with van der Waals surface area (Å²) in [6.07, 6.45) is 1.63. The second kappa shape index (κ2) is 5.99. The largest absolute Gasteiger partial charge is 0.506 e.